The number of methoxy groups -OCH3 is 2. The van der Waals surface area contributed by atoms with Crippen molar-refractivity contribution < 1.29 is 19.1 Å². The molecule has 6 nitrogen and oxygen atoms in total. The highest BCUT2D eigenvalue weighted by Crippen LogP contribution is 2.04. The maximum Gasteiger partial charge on any atom is 0.356 e. The van der Waals surface area contributed by atoms with Crippen molar-refractivity contribution in [3.8, 4) is 0 Å². The first-order valence-electron chi connectivity index (χ1n) is 5.12. The van der Waals surface area contributed by atoms with Gasteiger partial charge in [0.1, 0.15) is 5.70 Å². The van der Waals surface area contributed by atoms with Crippen LogP contribution in [0.5, 0.6) is 0 Å². The predicted octanol–water partition coefficient (Wildman–Crippen LogP) is 0.833. The largest absolute Gasteiger partial charge is 0.466 e. The van der Waals surface area contributed by atoms with Crippen LogP contribution in [-0.2, 0) is 19.1 Å². The van der Waals surface area contributed by atoms with Crippen molar-refractivity contribution >= 4 is 17.6 Å². The second-order valence-electron chi connectivity index (χ2n) is 3.19. The van der Waals surface area contributed by atoms with Gasteiger partial charge in [-0.05, 0) is 12.1 Å². The fraction of sp³-hybridized carbons (Fsp3) is 0.167. The molecule has 1 rings (SSSR count). The number of carbonyl (C=O) groups excluding carboxylic acids is 2. The Labute approximate surface area is 105 Å². The number of hydrazine groups is 1. The molecule has 1 aromatic rings. The van der Waals surface area contributed by atoms with E-state index in [4.69, 9.17) is 0 Å². The SMILES string of the molecule is COC(=O)/C=C(/NNc1ccccc1)C(=O)OC. The Morgan fingerprint density at radius 2 is 1.78 bits per heavy atom. The van der Waals surface area contributed by atoms with E-state index in [1.807, 2.05) is 18.2 Å². The van der Waals surface area contributed by atoms with Crippen LogP contribution in [0.4, 0.5) is 5.69 Å². The molecule has 0 bridgehead atoms. The monoisotopic (exact) mass is 250 g/mol. The summed E-state index contributed by atoms with van der Waals surface area (Å²) < 4.78 is 8.97. The number of hydrogen-bond donors (Lipinski definition) is 2. The minimum absolute atomic E-state index is 0.0480. The number of nitrogens with one attached hydrogen (secondary N) is 2. The minimum Gasteiger partial charge on any atom is -0.466 e. The van der Waals surface area contributed by atoms with E-state index >= 15 is 0 Å². The van der Waals surface area contributed by atoms with E-state index in [-0.39, 0.29) is 5.70 Å². The number of benzene rings is 1. The van der Waals surface area contributed by atoms with Crippen molar-refractivity contribution in [1.29, 1.82) is 0 Å². The van der Waals surface area contributed by atoms with Gasteiger partial charge in [-0.1, -0.05) is 18.2 Å². The lowest BCUT2D eigenvalue weighted by Gasteiger charge is -2.11. The smallest absolute Gasteiger partial charge is 0.356 e. The van der Waals surface area contributed by atoms with Gasteiger partial charge in [-0.25, -0.2) is 9.59 Å². The van der Waals surface area contributed by atoms with Crippen molar-refractivity contribution in [2.75, 3.05) is 19.6 Å². The molecule has 2 N–H and O–H groups in total. The lowest BCUT2D eigenvalue weighted by molar-refractivity contribution is -0.138. The Bertz CT molecular complexity index is 443. The number of hydrogen-bond acceptors (Lipinski definition) is 6. The van der Waals surface area contributed by atoms with Crippen LogP contribution in [-0.4, -0.2) is 26.2 Å². The minimum atomic E-state index is -0.677. The van der Waals surface area contributed by atoms with E-state index in [0.717, 1.165) is 11.8 Å². The highest BCUT2D eigenvalue weighted by Gasteiger charge is 2.11. The van der Waals surface area contributed by atoms with E-state index in [9.17, 15) is 9.59 Å². The topological polar surface area (TPSA) is 76.7 Å². The first-order valence-corrected chi connectivity index (χ1v) is 5.12. The van der Waals surface area contributed by atoms with Gasteiger partial charge in [0.05, 0.1) is 26.0 Å². The van der Waals surface area contributed by atoms with Crippen LogP contribution < -0.4 is 10.9 Å². The molecule has 0 unspecified atom stereocenters. The fourth-order valence-electron chi connectivity index (χ4n) is 1.09. The summed E-state index contributed by atoms with van der Waals surface area (Å²) in [6.07, 6.45) is 1.00. The molecule has 0 amide bonds. The van der Waals surface area contributed by atoms with E-state index in [0.29, 0.717) is 0 Å². The summed E-state index contributed by atoms with van der Waals surface area (Å²) >= 11 is 0. The molecule has 0 aliphatic carbocycles. The van der Waals surface area contributed by atoms with Crippen molar-refractivity contribution in [2.45, 2.75) is 0 Å². The van der Waals surface area contributed by atoms with Gasteiger partial charge in [-0.3, -0.25) is 5.43 Å². The zero-order valence-corrected chi connectivity index (χ0v) is 10.1. The molecule has 0 saturated carbocycles. The lowest BCUT2D eigenvalue weighted by atomic mass is 10.3. The molecule has 0 atom stereocenters. The Hall–Kier alpha value is -2.50. The number of anilines is 1. The molecule has 0 radical (unpaired) electrons. The first-order chi connectivity index (χ1) is 8.67. The number of ether oxygens (including phenoxy) is 2. The zero-order chi connectivity index (χ0) is 13.4. The molecule has 18 heavy (non-hydrogen) atoms. The lowest BCUT2D eigenvalue weighted by Crippen LogP contribution is -2.28. The molecule has 96 valence electrons. The molecular formula is C12H14N2O4. The summed E-state index contributed by atoms with van der Waals surface area (Å²) in [5, 5.41) is 0. The van der Waals surface area contributed by atoms with Crippen molar-refractivity contribution in [3.05, 3.63) is 42.1 Å². The van der Waals surface area contributed by atoms with Gasteiger partial charge in [0, 0.05) is 0 Å². The highest BCUT2D eigenvalue weighted by atomic mass is 16.5. The molecule has 0 aromatic heterocycles. The van der Waals surface area contributed by atoms with E-state index in [1.54, 1.807) is 12.1 Å². The number of carbonyl (C=O) groups is 2. The van der Waals surface area contributed by atoms with Crippen LogP contribution >= 0.6 is 0 Å². The summed E-state index contributed by atoms with van der Waals surface area (Å²) in [6, 6.07) is 9.09. The molecule has 0 fully saturated rings. The predicted molar refractivity (Wildman–Crippen MR) is 65.3 cm³/mol. The molecule has 0 spiro atoms. The second kappa shape index (κ2) is 6.95. The third-order valence-corrected chi connectivity index (χ3v) is 1.98. The molecule has 6 heteroatoms. The van der Waals surface area contributed by atoms with Gasteiger partial charge >= 0.3 is 11.9 Å². The Balaban J connectivity index is 2.71. The summed E-state index contributed by atoms with van der Waals surface area (Å²) in [6.45, 7) is 0. The third kappa shape index (κ3) is 4.17. The van der Waals surface area contributed by atoms with Gasteiger partial charge in [-0.15, -0.1) is 0 Å². The average molecular weight is 250 g/mol. The van der Waals surface area contributed by atoms with Crippen LogP contribution in [0.25, 0.3) is 0 Å². The van der Waals surface area contributed by atoms with Crippen LogP contribution in [0.1, 0.15) is 0 Å². The van der Waals surface area contributed by atoms with E-state index < -0.39 is 11.9 Å². The number of para-hydroxylation sites is 1. The number of rotatable bonds is 5. The maximum absolute atomic E-state index is 11.4. The third-order valence-electron chi connectivity index (χ3n) is 1.98. The van der Waals surface area contributed by atoms with E-state index in [2.05, 4.69) is 20.3 Å². The standard InChI is InChI=1S/C12H14N2O4/c1-17-11(15)8-10(12(16)18-2)14-13-9-6-4-3-5-7-9/h3-8,13-14H,1-2H3/b10-8+. The summed E-state index contributed by atoms with van der Waals surface area (Å²) in [4.78, 5) is 22.5. The Morgan fingerprint density at radius 3 is 2.33 bits per heavy atom. The summed E-state index contributed by atoms with van der Waals surface area (Å²) in [5.41, 5.74) is 6.04. The van der Waals surface area contributed by atoms with Crippen LogP contribution in [0.3, 0.4) is 0 Å². The highest BCUT2D eigenvalue weighted by molar-refractivity contribution is 5.95. The molecular weight excluding hydrogens is 236 g/mol. The molecule has 0 aliphatic heterocycles. The van der Waals surface area contributed by atoms with Gasteiger partial charge < -0.3 is 14.9 Å². The molecule has 1 aromatic carbocycles. The first kappa shape index (κ1) is 13.6. The molecule has 0 saturated heterocycles. The van der Waals surface area contributed by atoms with Gasteiger partial charge in [0.15, 0.2) is 0 Å². The van der Waals surface area contributed by atoms with Crippen molar-refractivity contribution in [2.24, 2.45) is 0 Å². The second-order valence-corrected chi connectivity index (χ2v) is 3.19. The fourth-order valence-corrected chi connectivity index (χ4v) is 1.09. The van der Waals surface area contributed by atoms with Gasteiger partial charge in [-0.2, -0.15) is 0 Å². The zero-order valence-electron chi connectivity index (χ0n) is 10.1. The summed E-state index contributed by atoms with van der Waals surface area (Å²) in [7, 11) is 2.44. The van der Waals surface area contributed by atoms with E-state index in [1.165, 1.54) is 14.2 Å². The van der Waals surface area contributed by atoms with Crippen LogP contribution in [0.15, 0.2) is 42.1 Å². The Morgan fingerprint density at radius 1 is 1.11 bits per heavy atom. The van der Waals surface area contributed by atoms with Crippen LogP contribution in [0.2, 0.25) is 0 Å². The van der Waals surface area contributed by atoms with Gasteiger partial charge in [0.2, 0.25) is 0 Å². The normalized spacial score (nSPS) is 10.4. The summed E-state index contributed by atoms with van der Waals surface area (Å²) in [5.74, 6) is -1.33. The van der Waals surface area contributed by atoms with Gasteiger partial charge in [0.25, 0.3) is 0 Å². The van der Waals surface area contributed by atoms with Crippen molar-refractivity contribution in [3.63, 3.8) is 0 Å². The average Bonchev–Trinajstić information content (AvgIpc) is 2.43. The quantitative estimate of drug-likeness (QED) is 0.458. The van der Waals surface area contributed by atoms with Crippen LogP contribution in [0, 0.1) is 0 Å². The maximum atomic E-state index is 11.4. The Kier molecular flexibility index (Phi) is 5.24. The van der Waals surface area contributed by atoms with Crippen molar-refractivity contribution in [1.82, 2.24) is 5.43 Å². The molecule has 0 heterocycles. The molecule has 0 aliphatic rings. The number of esters is 2.